The number of carbonyl (C=O) groups is 3. The van der Waals surface area contributed by atoms with Crippen LogP contribution in [0.15, 0.2) is 17.5 Å². The minimum atomic E-state index is -1.01. The second-order valence-corrected chi connectivity index (χ2v) is 7.17. The first kappa shape index (κ1) is 18.4. The second kappa shape index (κ2) is 8.28. The van der Waals surface area contributed by atoms with Crippen molar-refractivity contribution in [3.63, 3.8) is 0 Å². The van der Waals surface area contributed by atoms with Crippen LogP contribution in [-0.2, 0) is 14.4 Å². The summed E-state index contributed by atoms with van der Waals surface area (Å²) >= 11 is 1.58. The lowest BCUT2D eigenvalue weighted by Crippen LogP contribution is -2.43. The molecular formula is C17H24N2O4S. The van der Waals surface area contributed by atoms with Crippen LogP contribution in [0.5, 0.6) is 0 Å². The summed E-state index contributed by atoms with van der Waals surface area (Å²) in [4.78, 5) is 39.7. The highest BCUT2D eigenvalue weighted by Crippen LogP contribution is 2.25. The van der Waals surface area contributed by atoms with Crippen molar-refractivity contribution in [3.05, 3.63) is 22.4 Å². The number of carboxylic acids is 1. The van der Waals surface area contributed by atoms with Gasteiger partial charge in [0.05, 0.1) is 5.92 Å². The average Bonchev–Trinajstić information content (AvgIpc) is 2.96. The summed E-state index contributed by atoms with van der Waals surface area (Å²) in [6.45, 7) is 4.25. The molecule has 2 rings (SSSR count). The van der Waals surface area contributed by atoms with Crippen LogP contribution in [0, 0.1) is 0 Å². The molecule has 0 saturated carbocycles. The van der Waals surface area contributed by atoms with E-state index < -0.39 is 5.97 Å². The molecule has 2 atom stereocenters. The van der Waals surface area contributed by atoms with Crippen molar-refractivity contribution in [1.82, 2.24) is 9.80 Å². The van der Waals surface area contributed by atoms with Gasteiger partial charge in [-0.25, -0.2) is 0 Å². The summed E-state index contributed by atoms with van der Waals surface area (Å²) in [5, 5.41) is 11.0. The standard InChI is InChI=1S/C17H24N2O4S/c1-12(15-6-4-10-24-15)17(23)18-8-3-5-14(7-9-18)19(13(2)20)11-16(21)22/h4,6,10,12,14H,3,5,7-9,11H2,1-2H3,(H,21,22). The minimum Gasteiger partial charge on any atom is -0.480 e. The number of carbonyl (C=O) groups excluding carboxylic acids is 2. The van der Waals surface area contributed by atoms with E-state index in [4.69, 9.17) is 5.11 Å². The molecule has 24 heavy (non-hydrogen) atoms. The van der Waals surface area contributed by atoms with Gasteiger partial charge in [0.25, 0.3) is 0 Å². The molecule has 132 valence electrons. The number of thiophene rings is 1. The molecule has 7 heteroatoms. The Kier molecular flexibility index (Phi) is 6.36. The molecular weight excluding hydrogens is 328 g/mol. The van der Waals surface area contributed by atoms with Crippen LogP contribution in [-0.4, -0.2) is 58.4 Å². The predicted molar refractivity (Wildman–Crippen MR) is 92.0 cm³/mol. The zero-order valence-corrected chi connectivity index (χ0v) is 14.9. The van der Waals surface area contributed by atoms with E-state index in [0.29, 0.717) is 19.5 Å². The van der Waals surface area contributed by atoms with E-state index in [1.807, 2.05) is 29.3 Å². The first-order valence-corrected chi connectivity index (χ1v) is 9.09. The normalized spacial score (nSPS) is 19.4. The second-order valence-electron chi connectivity index (χ2n) is 6.19. The maximum absolute atomic E-state index is 12.7. The fourth-order valence-electron chi connectivity index (χ4n) is 3.19. The molecule has 0 bridgehead atoms. The largest absolute Gasteiger partial charge is 0.480 e. The highest BCUT2D eigenvalue weighted by atomic mass is 32.1. The van der Waals surface area contributed by atoms with Crippen molar-refractivity contribution < 1.29 is 19.5 Å². The van der Waals surface area contributed by atoms with Crippen molar-refractivity contribution in [2.45, 2.75) is 45.1 Å². The van der Waals surface area contributed by atoms with Crippen molar-refractivity contribution >= 4 is 29.1 Å². The highest BCUT2D eigenvalue weighted by Gasteiger charge is 2.29. The summed E-state index contributed by atoms with van der Waals surface area (Å²) in [5.41, 5.74) is 0. The third-order valence-corrected chi connectivity index (χ3v) is 5.56. The van der Waals surface area contributed by atoms with Gasteiger partial charge in [-0.15, -0.1) is 11.3 Å². The summed E-state index contributed by atoms with van der Waals surface area (Å²) in [7, 11) is 0. The van der Waals surface area contributed by atoms with Crippen molar-refractivity contribution in [1.29, 1.82) is 0 Å². The van der Waals surface area contributed by atoms with Crippen molar-refractivity contribution in [2.75, 3.05) is 19.6 Å². The zero-order chi connectivity index (χ0) is 17.7. The number of amides is 2. The summed E-state index contributed by atoms with van der Waals surface area (Å²) in [6.07, 6.45) is 2.12. The zero-order valence-electron chi connectivity index (χ0n) is 14.1. The lowest BCUT2D eigenvalue weighted by molar-refractivity contribution is -0.145. The molecule has 1 N–H and O–H groups in total. The Morgan fingerprint density at radius 1 is 1.38 bits per heavy atom. The summed E-state index contributed by atoms with van der Waals surface area (Å²) in [5.74, 6) is -1.29. The quantitative estimate of drug-likeness (QED) is 0.881. The molecule has 1 aromatic rings. The first-order valence-electron chi connectivity index (χ1n) is 8.21. The van der Waals surface area contributed by atoms with Crippen LogP contribution >= 0.6 is 11.3 Å². The Balaban J connectivity index is 2.00. The molecule has 0 aliphatic carbocycles. The van der Waals surface area contributed by atoms with Gasteiger partial charge in [0.15, 0.2) is 0 Å². The molecule has 2 heterocycles. The number of likely N-dealkylation sites (tertiary alicyclic amines) is 1. The Labute approximate surface area is 146 Å². The monoisotopic (exact) mass is 352 g/mol. The average molecular weight is 352 g/mol. The van der Waals surface area contributed by atoms with Crippen LogP contribution in [0.2, 0.25) is 0 Å². The van der Waals surface area contributed by atoms with Gasteiger partial charge in [0.2, 0.25) is 11.8 Å². The van der Waals surface area contributed by atoms with Crippen molar-refractivity contribution in [3.8, 4) is 0 Å². The third kappa shape index (κ3) is 4.56. The molecule has 1 fully saturated rings. The van der Waals surface area contributed by atoms with Crippen LogP contribution in [0.3, 0.4) is 0 Å². The molecule has 1 saturated heterocycles. The summed E-state index contributed by atoms with van der Waals surface area (Å²) in [6, 6.07) is 3.80. The predicted octanol–water partition coefficient (Wildman–Crippen LogP) is 2.17. The fraction of sp³-hybridized carbons (Fsp3) is 0.588. The Hall–Kier alpha value is -1.89. The van der Waals surface area contributed by atoms with Crippen LogP contribution in [0.4, 0.5) is 0 Å². The Morgan fingerprint density at radius 3 is 2.71 bits per heavy atom. The van der Waals surface area contributed by atoms with Crippen LogP contribution in [0.1, 0.15) is 43.9 Å². The minimum absolute atomic E-state index is 0.103. The van der Waals surface area contributed by atoms with E-state index in [9.17, 15) is 14.4 Å². The van der Waals surface area contributed by atoms with Gasteiger partial charge >= 0.3 is 5.97 Å². The number of nitrogens with zero attached hydrogens (tertiary/aromatic N) is 2. The molecule has 2 amide bonds. The summed E-state index contributed by atoms with van der Waals surface area (Å²) < 4.78 is 0. The maximum Gasteiger partial charge on any atom is 0.323 e. The van der Waals surface area contributed by atoms with Crippen LogP contribution < -0.4 is 0 Å². The van der Waals surface area contributed by atoms with Gasteiger partial charge in [-0.2, -0.15) is 0 Å². The van der Waals surface area contributed by atoms with E-state index in [-0.39, 0.29) is 30.3 Å². The number of rotatable bonds is 5. The molecule has 2 unspecified atom stereocenters. The molecule has 1 aliphatic heterocycles. The fourth-order valence-corrected chi connectivity index (χ4v) is 3.96. The third-order valence-electron chi connectivity index (χ3n) is 4.50. The van der Waals surface area contributed by atoms with Crippen LogP contribution in [0.25, 0.3) is 0 Å². The van der Waals surface area contributed by atoms with E-state index in [1.54, 1.807) is 11.3 Å². The Morgan fingerprint density at radius 2 is 2.12 bits per heavy atom. The smallest absolute Gasteiger partial charge is 0.323 e. The van der Waals surface area contributed by atoms with E-state index in [0.717, 1.165) is 17.7 Å². The molecule has 0 radical (unpaired) electrons. The molecule has 6 nitrogen and oxygen atoms in total. The first-order chi connectivity index (χ1) is 11.4. The van der Waals surface area contributed by atoms with Gasteiger partial charge in [-0.1, -0.05) is 6.07 Å². The van der Waals surface area contributed by atoms with Gasteiger partial charge in [-0.3, -0.25) is 14.4 Å². The van der Waals surface area contributed by atoms with Gasteiger partial charge < -0.3 is 14.9 Å². The molecule has 0 spiro atoms. The van der Waals surface area contributed by atoms with E-state index in [1.165, 1.54) is 11.8 Å². The van der Waals surface area contributed by atoms with Crippen molar-refractivity contribution in [2.24, 2.45) is 0 Å². The number of hydrogen-bond donors (Lipinski definition) is 1. The van der Waals surface area contributed by atoms with Gasteiger partial charge in [0.1, 0.15) is 6.54 Å². The Bertz CT molecular complexity index is 587. The number of hydrogen-bond acceptors (Lipinski definition) is 4. The maximum atomic E-state index is 12.7. The van der Waals surface area contributed by atoms with Gasteiger partial charge in [0, 0.05) is 30.9 Å². The number of carboxylic acid groups (broad SMARTS) is 1. The molecule has 0 aromatic carbocycles. The SMILES string of the molecule is CC(=O)N(CC(=O)O)C1CCCN(C(=O)C(C)c2cccs2)CC1. The number of aliphatic carboxylic acids is 1. The van der Waals surface area contributed by atoms with E-state index in [2.05, 4.69) is 0 Å². The van der Waals surface area contributed by atoms with E-state index >= 15 is 0 Å². The molecule has 1 aliphatic rings. The van der Waals surface area contributed by atoms with Gasteiger partial charge in [-0.05, 0) is 37.6 Å². The lowest BCUT2D eigenvalue weighted by Gasteiger charge is -2.29. The topological polar surface area (TPSA) is 77.9 Å². The molecule has 1 aromatic heterocycles. The lowest BCUT2D eigenvalue weighted by atomic mass is 10.1. The highest BCUT2D eigenvalue weighted by molar-refractivity contribution is 7.10.